The van der Waals surface area contributed by atoms with Crippen molar-refractivity contribution in [1.29, 1.82) is 5.41 Å². The monoisotopic (exact) mass is 622 g/mol. The molecule has 0 bridgehead atoms. The van der Waals surface area contributed by atoms with Crippen LogP contribution in [-0.2, 0) is 13.0 Å². The van der Waals surface area contributed by atoms with Gasteiger partial charge in [0.1, 0.15) is 5.65 Å². The Morgan fingerprint density at radius 2 is 2.14 bits per heavy atom. The molecule has 10 nitrogen and oxygen atoms in total. The first-order chi connectivity index (χ1) is 21.1. The third kappa shape index (κ3) is 7.35. The normalized spacial score (nSPS) is 17.6. The Kier molecular flexibility index (Phi) is 10.1. The molecule has 0 aliphatic carbocycles. The van der Waals surface area contributed by atoms with Gasteiger partial charge in [-0.25, -0.2) is 9.18 Å². The first-order valence-electron chi connectivity index (χ1n) is 15.1. The molecular formula is C32H40ClFN8O2. The zero-order valence-electron chi connectivity index (χ0n) is 25.1. The number of pyridine rings is 1. The van der Waals surface area contributed by atoms with Crippen LogP contribution >= 0.6 is 11.6 Å². The number of hydrogen-bond donors (Lipinski definition) is 6. The van der Waals surface area contributed by atoms with E-state index < -0.39 is 11.5 Å². The lowest BCUT2D eigenvalue weighted by Crippen LogP contribution is -2.40. The highest BCUT2D eigenvalue weighted by Crippen LogP contribution is 2.32. The van der Waals surface area contributed by atoms with Crippen molar-refractivity contribution < 1.29 is 9.50 Å². The highest BCUT2D eigenvalue weighted by molar-refractivity contribution is 6.31. The minimum Gasteiger partial charge on any atom is -0.392 e. The third-order valence-electron chi connectivity index (χ3n) is 8.14. The van der Waals surface area contributed by atoms with Crippen LogP contribution < -0.4 is 22.1 Å². The number of aryl methyl sites for hydroxylation is 1. The van der Waals surface area contributed by atoms with E-state index in [1.165, 1.54) is 4.57 Å². The van der Waals surface area contributed by atoms with Gasteiger partial charge in [-0.3, -0.25) is 15.0 Å². The number of aromatic amines is 1. The highest BCUT2D eigenvalue weighted by atomic mass is 35.5. The zero-order valence-corrected chi connectivity index (χ0v) is 25.8. The maximum absolute atomic E-state index is 15.2. The van der Waals surface area contributed by atoms with E-state index in [0.29, 0.717) is 45.8 Å². The quantitative estimate of drug-likeness (QED) is 0.103. The van der Waals surface area contributed by atoms with Gasteiger partial charge in [-0.05, 0) is 88.6 Å². The molecule has 0 unspecified atom stereocenters. The van der Waals surface area contributed by atoms with Crippen LogP contribution in [0, 0.1) is 11.2 Å². The van der Waals surface area contributed by atoms with Crippen LogP contribution in [0.4, 0.5) is 4.39 Å². The number of halogens is 2. The molecule has 1 aliphatic rings. The van der Waals surface area contributed by atoms with E-state index in [1.807, 2.05) is 6.92 Å². The zero-order chi connectivity index (χ0) is 31.4. The molecule has 0 radical (unpaired) electrons. The molecule has 12 heteroatoms. The number of hydrogen-bond acceptors (Lipinski definition) is 7. The van der Waals surface area contributed by atoms with Gasteiger partial charge in [0.15, 0.2) is 5.82 Å². The summed E-state index contributed by atoms with van der Waals surface area (Å²) in [5.74, 6) is -0.0954. The van der Waals surface area contributed by atoms with Gasteiger partial charge in [-0.15, -0.1) is 0 Å². The Labute approximate surface area is 260 Å². The summed E-state index contributed by atoms with van der Waals surface area (Å²) in [6.45, 7) is 4.17. The first-order valence-corrected chi connectivity index (χ1v) is 15.5. The van der Waals surface area contributed by atoms with Crippen LogP contribution in [0.3, 0.4) is 0 Å². The fourth-order valence-electron chi connectivity index (χ4n) is 5.92. The molecule has 1 aromatic carbocycles. The smallest absolute Gasteiger partial charge is 0.354 e. The van der Waals surface area contributed by atoms with Crippen molar-refractivity contribution in [2.45, 2.75) is 83.5 Å². The number of aliphatic hydroxyl groups is 1. The van der Waals surface area contributed by atoms with Gasteiger partial charge in [-0.1, -0.05) is 11.6 Å². The molecule has 4 heterocycles. The molecule has 3 aromatic heterocycles. The SMILES string of the molecule is CC(=N)NCC[C@@H]1CCC[C@@H](c2ncc(-n3cc4cc(-c5cc(CCC[C@H](C)N)cc(Cl)c5F)[nH]c4nc3=O)cc2CO)N1. The fraction of sp³-hybridized carbons (Fsp3) is 0.438. The number of aromatic nitrogens is 4. The van der Waals surface area contributed by atoms with Crippen LogP contribution in [0.25, 0.3) is 28.0 Å². The summed E-state index contributed by atoms with van der Waals surface area (Å²) in [5, 5.41) is 25.2. The van der Waals surface area contributed by atoms with E-state index in [1.54, 1.807) is 43.6 Å². The lowest BCUT2D eigenvalue weighted by atomic mass is 9.92. The van der Waals surface area contributed by atoms with Crippen molar-refractivity contribution in [2.24, 2.45) is 5.73 Å². The molecule has 3 atom stereocenters. The molecule has 1 fully saturated rings. The molecule has 44 heavy (non-hydrogen) atoms. The summed E-state index contributed by atoms with van der Waals surface area (Å²) in [4.78, 5) is 25.1. The van der Waals surface area contributed by atoms with E-state index in [9.17, 15) is 9.90 Å². The Morgan fingerprint density at radius 3 is 2.89 bits per heavy atom. The Hall–Kier alpha value is -3.64. The molecule has 7 N–H and O–H groups in total. The number of benzene rings is 1. The summed E-state index contributed by atoms with van der Waals surface area (Å²) < 4.78 is 16.5. The maximum atomic E-state index is 15.2. The van der Waals surface area contributed by atoms with Crippen LogP contribution in [0.15, 0.2) is 41.5 Å². The number of amidine groups is 1. The van der Waals surface area contributed by atoms with Crippen LogP contribution in [-0.4, -0.2) is 49.1 Å². The van der Waals surface area contributed by atoms with Gasteiger partial charge in [0.25, 0.3) is 0 Å². The Morgan fingerprint density at radius 1 is 1.32 bits per heavy atom. The predicted molar refractivity (Wildman–Crippen MR) is 172 cm³/mol. The summed E-state index contributed by atoms with van der Waals surface area (Å²) in [6, 6.07) is 7.26. The van der Waals surface area contributed by atoms with Gasteiger partial charge < -0.3 is 26.5 Å². The summed E-state index contributed by atoms with van der Waals surface area (Å²) in [5.41, 5.74) is 9.21. The molecular weight excluding hydrogens is 583 g/mol. The van der Waals surface area contributed by atoms with Crippen molar-refractivity contribution in [3.05, 3.63) is 74.8 Å². The molecule has 234 valence electrons. The van der Waals surface area contributed by atoms with Gasteiger partial charge in [0, 0.05) is 41.3 Å². The predicted octanol–water partition coefficient (Wildman–Crippen LogP) is 4.89. The van der Waals surface area contributed by atoms with E-state index in [-0.39, 0.29) is 29.8 Å². The van der Waals surface area contributed by atoms with Crippen molar-refractivity contribution in [2.75, 3.05) is 6.54 Å². The van der Waals surface area contributed by atoms with E-state index in [2.05, 4.69) is 20.6 Å². The van der Waals surface area contributed by atoms with E-state index in [0.717, 1.165) is 56.3 Å². The number of fused-ring (bicyclic) bond motifs is 1. The molecule has 0 spiro atoms. The Bertz CT molecular complexity index is 1700. The second-order valence-electron chi connectivity index (χ2n) is 11.8. The Balaban J connectivity index is 1.40. The number of piperidine rings is 1. The molecule has 0 amide bonds. The largest absolute Gasteiger partial charge is 0.392 e. The molecule has 1 aliphatic heterocycles. The van der Waals surface area contributed by atoms with Gasteiger partial charge in [0.2, 0.25) is 0 Å². The van der Waals surface area contributed by atoms with Gasteiger partial charge in [-0.2, -0.15) is 4.98 Å². The number of rotatable bonds is 11. The second kappa shape index (κ2) is 14.0. The van der Waals surface area contributed by atoms with Gasteiger partial charge in [0.05, 0.1) is 46.8 Å². The minimum atomic E-state index is -0.545. The summed E-state index contributed by atoms with van der Waals surface area (Å²) in [6.07, 6.45) is 9.51. The van der Waals surface area contributed by atoms with Crippen LogP contribution in [0.2, 0.25) is 5.02 Å². The van der Waals surface area contributed by atoms with Crippen molar-refractivity contribution in [3.8, 4) is 16.9 Å². The first kappa shape index (κ1) is 31.8. The topological polar surface area (TPSA) is 158 Å². The summed E-state index contributed by atoms with van der Waals surface area (Å²) >= 11 is 6.25. The standard InChI is InChI=1S/C32H40ClFN8O2/c1-18(35)5-3-6-20-11-25(29(34)26(33)12-20)28-14-21-16-42(32(44)41-31(21)40-28)24-13-22(17-43)30(38-15-24)27-8-4-7-23(39-27)9-10-37-19(2)36/h11-16,18,23,27,39,43H,3-10,17,35H2,1-2H3,(H2,36,37)(H,40,41,44)/t18-,23-,27-/m0/s1. The third-order valence-corrected chi connectivity index (χ3v) is 8.42. The lowest BCUT2D eigenvalue weighted by Gasteiger charge is -2.32. The molecule has 0 saturated carbocycles. The number of nitrogens with zero attached hydrogens (tertiary/aromatic N) is 3. The number of nitrogens with one attached hydrogen (secondary N) is 4. The molecule has 4 aromatic rings. The number of nitrogens with two attached hydrogens (primary N) is 1. The van der Waals surface area contributed by atoms with Crippen LogP contribution in [0.5, 0.6) is 0 Å². The molecule has 1 saturated heterocycles. The average Bonchev–Trinajstić information content (AvgIpc) is 3.40. The number of H-pyrrole nitrogens is 1. The van der Waals surface area contributed by atoms with Crippen molar-refractivity contribution in [3.63, 3.8) is 0 Å². The van der Waals surface area contributed by atoms with Crippen molar-refractivity contribution >= 4 is 28.5 Å². The molecule has 5 rings (SSSR count). The highest BCUT2D eigenvalue weighted by Gasteiger charge is 2.25. The van der Waals surface area contributed by atoms with Crippen LogP contribution in [0.1, 0.15) is 75.2 Å². The second-order valence-corrected chi connectivity index (χ2v) is 12.2. The number of aliphatic hydroxyl groups excluding tert-OH is 1. The van der Waals surface area contributed by atoms with E-state index in [4.69, 9.17) is 27.7 Å². The van der Waals surface area contributed by atoms with E-state index >= 15 is 4.39 Å². The van der Waals surface area contributed by atoms with Gasteiger partial charge >= 0.3 is 5.69 Å². The van der Waals surface area contributed by atoms with Crippen molar-refractivity contribution in [1.82, 2.24) is 30.2 Å². The minimum absolute atomic E-state index is 0.0215. The maximum Gasteiger partial charge on any atom is 0.354 e. The average molecular weight is 623 g/mol. The summed E-state index contributed by atoms with van der Waals surface area (Å²) in [7, 11) is 0. The lowest BCUT2D eigenvalue weighted by molar-refractivity contribution is 0.270. The fourth-order valence-corrected chi connectivity index (χ4v) is 6.16.